The van der Waals surface area contributed by atoms with E-state index in [0.29, 0.717) is 6.54 Å². The molecule has 2 bridgehead atoms. The highest BCUT2D eigenvalue weighted by atomic mass is 32.2. The lowest BCUT2D eigenvalue weighted by atomic mass is 10.1. The van der Waals surface area contributed by atoms with Crippen LogP contribution in [-0.4, -0.2) is 63.5 Å². The molecule has 4 rings (SSSR count). The number of rotatable bonds is 4. The van der Waals surface area contributed by atoms with E-state index in [1.54, 1.807) is 0 Å². The first-order valence-corrected chi connectivity index (χ1v) is 8.24. The van der Waals surface area contributed by atoms with Crippen molar-refractivity contribution in [2.75, 3.05) is 39.3 Å². The maximum absolute atomic E-state index is 13.1. The topological polar surface area (TPSA) is 52.7 Å². The minimum Gasteiger partial charge on any atom is -0.299 e. The van der Waals surface area contributed by atoms with E-state index in [1.807, 2.05) is 0 Å². The summed E-state index contributed by atoms with van der Waals surface area (Å²) in [5, 5.41) is 0. The number of nitrogens with zero attached hydrogens (tertiary/aromatic N) is 2. The van der Waals surface area contributed by atoms with Crippen LogP contribution in [0.4, 0.5) is 4.39 Å². The molecular weight excluding hydrogens is 281 g/mol. The summed E-state index contributed by atoms with van der Waals surface area (Å²) in [6.07, 6.45) is 0. The van der Waals surface area contributed by atoms with E-state index in [0.717, 1.165) is 38.8 Å². The molecule has 0 spiro atoms. The van der Waals surface area contributed by atoms with Crippen molar-refractivity contribution >= 4 is 10.0 Å². The quantitative estimate of drug-likeness (QED) is 0.857. The third kappa shape index (κ3) is 2.85. The summed E-state index contributed by atoms with van der Waals surface area (Å²) in [5.41, 5.74) is 0. The molecule has 0 aliphatic carbocycles. The van der Waals surface area contributed by atoms with E-state index in [4.69, 9.17) is 0 Å². The fourth-order valence-electron chi connectivity index (χ4n) is 2.84. The summed E-state index contributed by atoms with van der Waals surface area (Å²) in [5.74, 6) is -0.542. The van der Waals surface area contributed by atoms with Gasteiger partial charge in [0.25, 0.3) is 0 Å². The SMILES string of the molecule is O=S(=O)(NCC1CN2CCN1CC2)c1cccc(F)c1. The highest BCUT2D eigenvalue weighted by Gasteiger charge is 2.32. The Balaban J connectivity index is 1.65. The number of sulfonamides is 1. The van der Waals surface area contributed by atoms with Gasteiger partial charge in [0.2, 0.25) is 10.0 Å². The molecule has 3 aliphatic rings. The number of benzene rings is 1. The number of halogens is 1. The van der Waals surface area contributed by atoms with Crippen LogP contribution in [0.15, 0.2) is 29.2 Å². The molecule has 3 aliphatic heterocycles. The minimum atomic E-state index is -3.63. The Morgan fingerprint density at radius 3 is 2.60 bits per heavy atom. The van der Waals surface area contributed by atoms with Gasteiger partial charge in [0.15, 0.2) is 0 Å². The second-order valence-corrected chi connectivity index (χ2v) is 7.07. The van der Waals surface area contributed by atoms with Crippen LogP contribution in [0.3, 0.4) is 0 Å². The Bertz CT molecular complexity index is 585. The average Bonchev–Trinajstić information content (AvgIpc) is 2.46. The summed E-state index contributed by atoms with van der Waals surface area (Å²) in [7, 11) is -3.63. The highest BCUT2D eigenvalue weighted by Crippen LogP contribution is 2.16. The molecule has 7 heteroatoms. The van der Waals surface area contributed by atoms with Crippen LogP contribution in [0.2, 0.25) is 0 Å². The van der Waals surface area contributed by atoms with Gasteiger partial charge in [-0.25, -0.2) is 17.5 Å². The maximum Gasteiger partial charge on any atom is 0.240 e. The highest BCUT2D eigenvalue weighted by molar-refractivity contribution is 7.89. The molecule has 1 unspecified atom stereocenters. The number of fused-ring (bicyclic) bond motifs is 3. The summed E-state index contributed by atoms with van der Waals surface area (Å²) < 4.78 is 39.9. The first-order valence-electron chi connectivity index (χ1n) is 6.76. The fourth-order valence-corrected chi connectivity index (χ4v) is 3.95. The predicted molar refractivity (Wildman–Crippen MR) is 73.4 cm³/mol. The zero-order valence-electron chi connectivity index (χ0n) is 11.1. The Hall–Kier alpha value is -1.02. The Morgan fingerprint density at radius 1 is 1.25 bits per heavy atom. The van der Waals surface area contributed by atoms with Crippen molar-refractivity contribution in [1.29, 1.82) is 0 Å². The van der Waals surface area contributed by atoms with Gasteiger partial charge in [0.05, 0.1) is 4.90 Å². The van der Waals surface area contributed by atoms with E-state index in [1.165, 1.54) is 18.2 Å². The van der Waals surface area contributed by atoms with Gasteiger partial charge in [-0.05, 0) is 18.2 Å². The van der Waals surface area contributed by atoms with Crippen LogP contribution in [0.1, 0.15) is 0 Å². The Labute approximate surface area is 118 Å². The largest absolute Gasteiger partial charge is 0.299 e. The second-order valence-electron chi connectivity index (χ2n) is 5.30. The molecule has 5 nitrogen and oxygen atoms in total. The molecule has 3 saturated heterocycles. The first-order chi connectivity index (χ1) is 9.54. The third-order valence-electron chi connectivity index (χ3n) is 4.01. The van der Waals surface area contributed by atoms with Gasteiger partial charge in [-0.3, -0.25) is 9.80 Å². The Morgan fingerprint density at radius 2 is 2.00 bits per heavy atom. The van der Waals surface area contributed by atoms with Crippen molar-refractivity contribution in [1.82, 2.24) is 14.5 Å². The van der Waals surface area contributed by atoms with Crippen molar-refractivity contribution in [3.8, 4) is 0 Å². The summed E-state index contributed by atoms with van der Waals surface area (Å²) in [6.45, 7) is 5.38. The van der Waals surface area contributed by atoms with Crippen molar-refractivity contribution in [3.05, 3.63) is 30.1 Å². The molecule has 0 radical (unpaired) electrons. The summed E-state index contributed by atoms with van der Waals surface area (Å²) in [6, 6.07) is 5.29. The zero-order valence-corrected chi connectivity index (χ0v) is 11.9. The molecule has 1 atom stereocenters. The van der Waals surface area contributed by atoms with Gasteiger partial charge in [-0.2, -0.15) is 0 Å². The maximum atomic E-state index is 13.1. The lowest BCUT2D eigenvalue weighted by Gasteiger charge is -2.47. The molecular formula is C13H18FN3O2S. The predicted octanol–water partition coefficient (Wildman–Crippen LogP) is 0.104. The van der Waals surface area contributed by atoms with E-state index in [2.05, 4.69) is 14.5 Å². The lowest BCUT2D eigenvalue weighted by molar-refractivity contribution is 0.0158. The molecule has 1 aromatic rings. The number of hydrogen-bond acceptors (Lipinski definition) is 4. The molecule has 0 aromatic heterocycles. The van der Waals surface area contributed by atoms with Gasteiger partial charge in [-0.15, -0.1) is 0 Å². The molecule has 3 fully saturated rings. The van der Waals surface area contributed by atoms with E-state index in [9.17, 15) is 12.8 Å². The second kappa shape index (κ2) is 5.40. The van der Waals surface area contributed by atoms with Gasteiger partial charge < -0.3 is 0 Å². The lowest BCUT2D eigenvalue weighted by Crippen LogP contribution is -2.63. The van der Waals surface area contributed by atoms with Crippen LogP contribution < -0.4 is 4.72 Å². The average molecular weight is 299 g/mol. The fraction of sp³-hybridized carbons (Fsp3) is 0.538. The molecule has 1 N–H and O–H groups in total. The third-order valence-corrected chi connectivity index (χ3v) is 5.43. The zero-order chi connectivity index (χ0) is 14.2. The number of hydrogen-bond donors (Lipinski definition) is 1. The van der Waals surface area contributed by atoms with Crippen LogP contribution in [0, 0.1) is 5.82 Å². The molecule has 20 heavy (non-hydrogen) atoms. The van der Waals surface area contributed by atoms with Gasteiger partial charge in [-0.1, -0.05) is 6.07 Å². The van der Waals surface area contributed by atoms with Crippen molar-refractivity contribution in [2.24, 2.45) is 0 Å². The summed E-state index contributed by atoms with van der Waals surface area (Å²) >= 11 is 0. The van der Waals surface area contributed by atoms with Gasteiger partial charge in [0, 0.05) is 45.3 Å². The monoisotopic (exact) mass is 299 g/mol. The van der Waals surface area contributed by atoms with Gasteiger partial charge >= 0.3 is 0 Å². The van der Waals surface area contributed by atoms with E-state index in [-0.39, 0.29) is 10.9 Å². The Kier molecular flexibility index (Phi) is 3.76. The first kappa shape index (κ1) is 13.9. The summed E-state index contributed by atoms with van der Waals surface area (Å²) in [4.78, 5) is 4.64. The minimum absolute atomic E-state index is 0.0197. The molecule has 1 aromatic carbocycles. The standard InChI is InChI=1S/C13H18FN3O2S/c14-11-2-1-3-13(8-11)20(18,19)15-9-12-10-16-4-6-17(12)7-5-16/h1-3,8,12,15H,4-7,9-10H2. The normalized spacial score (nSPS) is 29.6. The van der Waals surface area contributed by atoms with Crippen molar-refractivity contribution in [2.45, 2.75) is 10.9 Å². The molecule has 0 saturated carbocycles. The van der Waals surface area contributed by atoms with Crippen LogP contribution >= 0.6 is 0 Å². The van der Waals surface area contributed by atoms with Crippen molar-refractivity contribution < 1.29 is 12.8 Å². The number of nitrogens with one attached hydrogen (secondary N) is 1. The number of piperazine rings is 3. The van der Waals surface area contributed by atoms with Crippen molar-refractivity contribution in [3.63, 3.8) is 0 Å². The van der Waals surface area contributed by atoms with E-state index >= 15 is 0 Å². The smallest absolute Gasteiger partial charge is 0.240 e. The van der Waals surface area contributed by atoms with Crippen LogP contribution in [0.5, 0.6) is 0 Å². The van der Waals surface area contributed by atoms with Crippen LogP contribution in [-0.2, 0) is 10.0 Å². The molecule has 110 valence electrons. The molecule has 0 amide bonds. The van der Waals surface area contributed by atoms with E-state index < -0.39 is 15.8 Å². The molecule has 3 heterocycles. The van der Waals surface area contributed by atoms with Crippen LogP contribution in [0.25, 0.3) is 0 Å². The van der Waals surface area contributed by atoms with Gasteiger partial charge in [0.1, 0.15) is 5.82 Å².